The lowest BCUT2D eigenvalue weighted by atomic mass is 9.99. The van der Waals surface area contributed by atoms with Crippen molar-refractivity contribution < 1.29 is 14.3 Å². The molecule has 0 unspecified atom stereocenters. The number of hydrogen-bond donors (Lipinski definition) is 0. The number of ether oxygens (including phenoxy) is 2. The number of thioether (sulfide) groups is 1. The number of carbonyl (C=O) groups excluding carboxylic acids is 1. The van der Waals surface area contributed by atoms with Crippen LogP contribution in [0.3, 0.4) is 0 Å². The van der Waals surface area contributed by atoms with Gasteiger partial charge in [-0.1, -0.05) is 60.4 Å². The molecule has 39 heavy (non-hydrogen) atoms. The van der Waals surface area contributed by atoms with Crippen LogP contribution in [0.2, 0.25) is 0 Å². The molecule has 10 heteroatoms. The number of aromatic nitrogens is 2. The fourth-order valence-electron chi connectivity index (χ4n) is 5.12. The first-order valence-electron chi connectivity index (χ1n) is 12.5. The maximum atomic E-state index is 13.8. The minimum atomic E-state index is -0.241. The van der Waals surface area contributed by atoms with E-state index < -0.39 is 0 Å². The van der Waals surface area contributed by atoms with Gasteiger partial charge in [-0.05, 0) is 53.5 Å². The molecule has 2 aromatic heterocycles. The van der Waals surface area contributed by atoms with E-state index in [1.165, 1.54) is 27.3 Å². The highest BCUT2D eigenvalue weighted by atomic mass is 32.2. The summed E-state index contributed by atoms with van der Waals surface area (Å²) in [7, 11) is 0. The third-order valence-electron chi connectivity index (χ3n) is 7.11. The van der Waals surface area contributed by atoms with Gasteiger partial charge in [0.2, 0.25) is 6.79 Å². The first-order chi connectivity index (χ1) is 19.0. The molecule has 0 bridgehead atoms. The Hall–Kier alpha value is -4.15. The number of hydrogen-bond acceptors (Lipinski definition) is 8. The molecule has 194 valence electrons. The average Bonchev–Trinajstić information content (AvgIpc) is 3.53. The fourth-order valence-corrected chi connectivity index (χ4v) is 6.36. The van der Waals surface area contributed by atoms with Crippen LogP contribution in [0.15, 0.2) is 76.6 Å². The molecule has 1 amide bonds. The minimum Gasteiger partial charge on any atom is -0.454 e. The van der Waals surface area contributed by atoms with Gasteiger partial charge in [-0.25, -0.2) is 4.98 Å². The summed E-state index contributed by atoms with van der Waals surface area (Å²) >= 11 is 6.78. The van der Waals surface area contributed by atoms with E-state index in [2.05, 4.69) is 17.0 Å². The zero-order chi connectivity index (χ0) is 26.5. The Morgan fingerprint density at radius 3 is 2.72 bits per heavy atom. The van der Waals surface area contributed by atoms with Crippen molar-refractivity contribution in [1.29, 1.82) is 0 Å². The van der Waals surface area contributed by atoms with Crippen molar-refractivity contribution in [2.24, 2.45) is 0 Å². The molecule has 7 rings (SSSR count). The Labute approximate surface area is 233 Å². The topological polar surface area (TPSA) is 76.4 Å². The summed E-state index contributed by atoms with van der Waals surface area (Å²) in [5, 5.41) is 0. The highest BCUT2D eigenvalue weighted by Gasteiger charge is 2.33. The zero-order valence-corrected chi connectivity index (χ0v) is 22.3. The SMILES string of the molecule is O=C1C(=Cc2c(N3CCc4ccccc4C3)nc3ccccn3c2=O)SC(=S)N1Cc1ccc2c(c1)OCO2. The predicted octanol–water partition coefficient (Wildman–Crippen LogP) is 4.39. The number of pyridine rings is 1. The molecule has 0 aliphatic carbocycles. The van der Waals surface area contributed by atoms with Crippen molar-refractivity contribution in [2.75, 3.05) is 18.2 Å². The molecule has 0 radical (unpaired) electrons. The van der Waals surface area contributed by atoms with Crippen molar-refractivity contribution in [1.82, 2.24) is 14.3 Å². The lowest BCUT2D eigenvalue weighted by Crippen LogP contribution is -2.34. The lowest BCUT2D eigenvalue weighted by Gasteiger charge is -2.30. The monoisotopic (exact) mass is 554 g/mol. The second kappa shape index (κ2) is 9.55. The van der Waals surface area contributed by atoms with Crippen LogP contribution in [0.25, 0.3) is 11.7 Å². The molecule has 0 atom stereocenters. The van der Waals surface area contributed by atoms with Crippen LogP contribution in [0.4, 0.5) is 5.82 Å². The molecule has 8 nitrogen and oxygen atoms in total. The van der Waals surface area contributed by atoms with Crippen LogP contribution < -0.4 is 19.9 Å². The van der Waals surface area contributed by atoms with Gasteiger partial charge < -0.3 is 14.4 Å². The smallest absolute Gasteiger partial charge is 0.267 e. The van der Waals surface area contributed by atoms with E-state index in [0.29, 0.717) is 50.8 Å². The van der Waals surface area contributed by atoms with Gasteiger partial charge in [0.15, 0.2) is 11.5 Å². The summed E-state index contributed by atoms with van der Waals surface area (Å²) in [5.74, 6) is 1.66. The van der Waals surface area contributed by atoms with Gasteiger partial charge in [-0.2, -0.15) is 0 Å². The van der Waals surface area contributed by atoms with Crippen LogP contribution in [-0.2, 0) is 24.3 Å². The van der Waals surface area contributed by atoms with Gasteiger partial charge >= 0.3 is 0 Å². The van der Waals surface area contributed by atoms with Gasteiger partial charge in [-0.3, -0.25) is 18.9 Å². The fraction of sp³-hybridized carbons (Fsp3) is 0.172. The summed E-state index contributed by atoms with van der Waals surface area (Å²) in [6, 6.07) is 19.4. The van der Waals surface area contributed by atoms with Gasteiger partial charge in [-0.15, -0.1) is 0 Å². The third kappa shape index (κ3) is 4.25. The first kappa shape index (κ1) is 23.9. The Bertz CT molecular complexity index is 1770. The number of thiocarbonyl (C=S) groups is 1. The Balaban J connectivity index is 1.26. The van der Waals surface area contributed by atoms with E-state index in [9.17, 15) is 9.59 Å². The van der Waals surface area contributed by atoms with E-state index in [1.54, 1.807) is 23.2 Å². The molecule has 0 spiro atoms. The van der Waals surface area contributed by atoms with Crippen molar-refractivity contribution in [3.63, 3.8) is 0 Å². The Morgan fingerprint density at radius 1 is 1.00 bits per heavy atom. The third-order valence-corrected chi connectivity index (χ3v) is 8.48. The van der Waals surface area contributed by atoms with Crippen LogP contribution in [-0.4, -0.2) is 37.8 Å². The molecular formula is C29H22N4O4S2. The molecule has 0 N–H and O–H groups in total. The number of carbonyl (C=O) groups is 1. The van der Waals surface area contributed by atoms with E-state index in [4.69, 9.17) is 26.7 Å². The van der Waals surface area contributed by atoms with E-state index in [1.807, 2.05) is 42.5 Å². The summed E-state index contributed by atoms with van der Waals surface area (Å²) < 4.78 is 12.8. The maximum absolute atomic E-state index is 13.8. The molecule has 2 aromatic carbocycles. The number of anilines is 1. The van der Waals surface area contributed by atoms with Gasteiger partial charge in [0.25, 0.3) is 11.5 Å². The standard InChI is InChI=1S/C29H22N4O4S2/c34-27-21(14-24-28(35)33(29(38)39-24)15-18-8-9-22-23(13-18)37-17-36-22)26(30-25-7-3-4-11-32(25)27)31-12-10-19-5-1-2-6-20(19)16-31/h1-9,11,13-14H,10,12,15-17H2. The van der Waals surface area contributed by atoms with Gasteiger partial charge in [0, 0.05) is 19.3 Å². The first-order valence-corrected chi connectivity index (χ1v) is 13.7. The largest absolute Gasteiger partial charge is 0.454 e. The minimum absolute atomic E-state index is 0.183. The summed E-state index contributed by atoms with van der Waals surface area (Å²) in [6.45, 7) is 1.84. The lowest BCUT2D eigenvalue weighted by molar-refractivity contribution is -0.122. The zero-order valence-electron chi connectivity index (χ0n) is 20.7. The maximum Gasteiger partial charge on any atom is 0.267 e. The van der Waals surface area contributed by atoms with Crippen molar-refractivity contribution in [2.45, 2.75) is 19.5 Å². The number of rotatable bonds is 4. The number of benzene rings is 2. The number of amides is 1. The molecule has 0 saturated carbocycles. The van der Waals surface area contributed by atoms with Gasteiger partial charge in [0.1, 0.15) is 15.8 Å². The molecule has 4 aromatic rings. The molecule has 3 aliphatic heterocycles. The van der Waals surface area contributed by atoms with Crippen molar-refractivity contribution in [3.8, 4) is 11.5 Å². The molecular weight excluding hydrogens is 532 g/mol. The second-order valence-corrected chi connectivity index (χ2v) is 11.2. The number of nitrogens with zero attached hydrogens (tertiary/aromatic N) is 4. The van der Waals surface area contributed by atoms with Crippen molar-refractivity contribution >= 4 is 51.7 Å². The average molecular weight is 555 g/mol. The molecule has 1 saturated heterocycles. The highest BCUT2D eigenvalue weighted by molar-refractivity contribution is 8.26. The summed E-state index contributed by atoms with van der Waals surface area (Å²) in [6.07, 6.45) is 4.20. The molecule has 5 heterocycles. The van der Waals surface area contributed by atoms with Gasteiger partial charge in [0.05, 0.1) is 17.0 Å². The second-order valence-electron chi connectivity index (χ2n) is 9.48. The number of fused-ring (bicyclic) bond motifs is 3. The van der Waals surface area contributed by atoms with Crippen LogP contribution in [0.5, 0.6) is 11.5 Å². The quantitative estimate of drug-likeness (QED) is 0.272. The normalized spacial score (nSPS) is 17.4. The van der Waals surface area contributed by atoms with Crippen LogP contribution in [0.1, 0.15) is 22.3 Å². The molecule has 3 aliphatic rings. The Kier molecular flexibility index (Phi) is 5.86. The highest BCUT2D eigenvalue weighted by Crippen LogP contribution is 2.37. The van der Waals surface area contributed by atoms with E-state index in [-0.39, 0.29) is 18.3 Å². The van der Waals surface area contributed by atoms with E-state index >= 15 is 0 Å². The van der Waals surface area contributed by atoms with E-state index in [0.717, 1.165) is 18.5 Å². The van der Waals surface area contributed by atoms with Crippen molar-refractivity contribution in [3.05, 3.63) is 104 Å². The predicted molar refractivity (Wildman–Crippen MR) is 154 cm³/mol. The Morgan fingerprint density at radius 2 is 1.82 bits per heavy atom. The summed E-state index contributed by atoms with van der Waals surface area (Å²) in [4.78, 5) is 36.2. The summed E-state index contributed by atoms with van der Waals surface area (Å²) in [5.41, 5.74) is 4.09. The van der Waals surface area contributed by atoms with Crippen LogP contribution >= 0.6 is 24.0 Å². The molecule has 1 fully saturated rings. The van der Waals surface area contributed by atoms with Crippen LogP contribution in [0, 0.1) is 0 Å².